The van der Waals surface area contributed by atoms with Crippen molar-refractivity contribution in [3.8, 4) is 0 Å². The number of carbonyl (C=O) groups excluding carboxylic acids is 1. The molecule has 32 heavy (non-hydrogen) atoms. The lowest BCUT2D eigenvalue weighted by molar-refractivity contribution is -0.166. The van der Waals surface area contributed by atoms with Crippen molar-refractivity contribution in [1.82, 2.24) is 10.4 Å². The molecule has 3 heterocycles. The number of hydroxylamine groups is 2. The maximum Gasteiger partial charge on any atom is 0.220 e. The van der Waals surface area contributed by atoms with Crippen LogP contribution in [-0.4, -0.2) is 47.0 Å². The van der Waals surface area contributed by atoms with Gasteiger partial charge in [-0.15, -0.1) is 0 Å². The summed E-state index contributed by atoms with van der Waals surface area (Å²) in [6.45, 7) is 8.91. The van der Waals surface area contributed by atoms with Crippen LogP contribution in [0.2, 0.25) is 0 Å². The molecule has 0 bridgehead atoms. The molecule has 0 aromatic heterocycles. The molecule has 5 fully saturated rings. The van der Waals surface area contributed by atoms with Crippen LogP contribution in [0.15, 0.2) is 11.1 Å². The number of ether oxygens (including phenoxy) is 1. The van der Waals surface area contributed by atoms with E-state index >= 15 is 0 Å². The van der Waals surface area contributed by atoms with Gasteiger partial charge in [-0.25, -0.2) is 0 Å². The predicted molar refractivity (Wildman–Crippen MR) is 123 cm³/mol. The van der Waals surface area contributed by atoms with Gasteiger partial charge in [0.25, 0.3) is 0 Å². The molecular weight excluding hydrogens is 400 g/mol. The molecule has 3 saturated heterocycles. The van der Waals surface area contributed by atoms with Crippen LogP contribution in [0.1, 0.15) is 85.0 Å². The van der Waals surface area contributed by atoms with E-state index in [2.05, 4.69) is 26.1 Å². The minimum atomic E-state index is -0.0999. The van der Waals surface area contributed by atoms with Crippen molar-refractivity contribution in [2.75, 3.05) is 13.1 Å². The van der Waals surface area contributed by atoms with Crippen molar-refractivity contribution in [2.45, 2.75) is 103 Å². The fraction of sp³-hybridized carbons (Fsp3) is 0.889. The molecule has 1 amide bonds. The summed E-state index contributed by atoms with van der Waals surface area (Å²) in [6.07, 6.45) is 11.3. The first kappa shape index (κ1) is 21.6. The Bertz CT molecular complexity index is 826. The molecule has 3 aliphatic carbocycles. The first-order valence-corrected chi connectivity index (χ1v) is 13.4. The van der Waals surface area contributed by atoms with Crippen LogP contribution in [-0.2, 0) is 9.53 Å². The average Bonchev–Trinajstić information content (AvgIpc) is 3.17. The summed E-state index contributed by atoms with van der Waals surface area (Å²) in [6, 6.07) is 0.164. The van der Waals surface area contributed by atoms with E-state index in [1.807, 2.05) is 0 Å². The third-order valence-corrected chi connectivity index (χ3v) is 11.3. The highest BCUT2D eigenvalue weighted by Crippen LogP contribution is 2.63. The minimum Gasteiger partial charge on any atom is -0.369 e. The molecule has 5 heteroatoms. The lowest BCUT2D eigenvalue weighted by Gasteiger charge is -2.49. The van der Waals surface area contributed by atoms with E-state index in [-0.39, 0.29) is 23.7 Å². The summed E-state index contributed by atoms with van der Waals surface area (Å²) in [5, 5.41) is 15.4. The van der Waals surface area contributed by atoms with Gasteiger partial charge in [0.05, 0.1) is 17.7 Å². The van der Waals surface area contributed by atoms with E-state index in [1.165, 1.54) is 25.7 Å². The van der Waals surface area contributed by atoms with Crippen LogP contribution in [0.4, 0.5) is 0 Å². The minimum absolute atomic E-state index is 0.0999. The quantitative estimate of drug-likeness (QED) is 0.534. The molecule has 1 spiro atoms. The zero-order valence-corrected chi connectivity index (χ0v) is 20.2. The molecule has 6 aliphatic rings. The van der Waals surface area contributed by atoms with Crippen molar-refractivity contribution in [3.05, 3.63) is 11.1 Å². The van der Waals surface area contributed by atoms with Gasteiger partial charge in [0, 0.05) is 25.4 Å². The fourth-order valence-corrected chi connectivity index (χ4v) is 9.48. The number of amides is 1. The molecule has 178 valence electrons. The average molecular weight is 443 g/mol. The Morgan fingerprint density at radius 2 is 2.03 bits per heavy atom. The first-order chi connectivity index (χ1) is 15.3. The molecule has 6 rings (SSSR count). The molecule has 5 nitrogen and oxygen atoms in total. The summed E-state index contributed by atoms with van der Waals surface area (Å²) >= 11 is 0. The molecule has 9 unspecified atom stereocenters. The van der Waals surface area contributed by atoms with E-state index in [0.717, 1.165) is 57.0 Å². The summed E-state index contributed by atoms with van der Waals surface area (Å²) in [5.74, 6) is 3.48. The van der Waals surface area contributed by atoms with Gasteiger partial charge < -0.3 is 15.3 Å². The van der Waals surface area contributed by atoms with Crippen molar-refractivity contribution in [1.29, 1.82) is 0 Å². The topological polar surface area (TPSA) is 61.8 Å². The van der Waals surface area contributed by atoms with Gasteiger partial charge in [0.1, 0.15) is 0 Å². The van der Waals surface area contributed by atoms with Crippen LogP contribution in [0.25, 0.3) is 0 Å². The van der Waals surface area contributed by atoms with Crippen molar-refractivity contribution < 1.29 is 14.7 Å². The van der Waals surface area contributed by atoms with E-state index in [9.17, 15) is 10.0 Å². The Labute approximate surface area is 193 Å². The second-order valence-electron chi connectivity index (χ2n) is 12.5. The molecule has 3 aliphatic heterocycles. The predicted octanol–water partition coefficient (Wildman–Crippen LogP) is 4.69. The lowest BCUT2D eigenvalue weighted by Crippen LogP contribution is -2.47. The monoisotopic (exact) mass is 442 g/mol. The van der Waals surface area contributed by atoms with Crippen LogP contribution in [0, 0.1) is 35.0 Å². The highest BCUT2D eigenvalue weighted by atomic mass is 16.5. The zero-order valence-electron chi connectivity index (χ0n) is 20.2. The molecule has 2 saturated carbocycles. The van der Waals surface area contributed by atoms with E-state index in [4.69, 9.17) is 4.74 Å². The summed E-state index contributed by atoms with van der Waals surface area (Å²) in [5.41, 5.74) is 3.52. The molecule has 0 aromatic carbocycles. The van der Waals surface area contributed by atoms with Gasteiger partial charge in [-0.1, -0.05) is 25.0 Å². The number of allylic oxidation sites excluding steroid dienone is 1. The Hall–Kier alpha value is -0.910. The second-order valence-corrected chi connectivity index (χ2v) is 12.5. The highest BCUT2D eigenvalue weighted by Gasteiger charge is 2.59. The molecule has 0 aromatic rings. The largest absolute Gasteiger partial charge is 0.369 e. The number of nitrogens with one attached hydrogen (secondary N) is 1. The van der Waals surface area contributed by atoms with Crippen LogP contribution in [0.3, 0.4) is 0 Å². The number of fused-ring (bicyclic) bond motifs is 6. The fourth-order valence-electron chi connectivity index (χ4n) is 9.48. The Morgan fingerprint density at radius 3 is 2.84 bits per heavy atom. The van der Waals surface area contributed by atoms with Crippen LogP contribution in [0.5, 0.6) is 0 Å². The zero-order chi connectivity index (χ0) is 22.3. The maximum atomic E-state index is 12.2. The van der Waals surface area contributed by atoms with Crippen molar-refractivity contribution in [3.63, 3.8) is 0 Å². The summed E-state index contributed by atoms with van der Waals surface area (Å²) in [4.78, 5) is 12.2. The number of hydrogen-bond donors (Lipinski definition) is 2. The molecule has 0 radical (unpaired) electrons. The standard InChI is InChI=1S/C27H42N2O3/c1-16-14-27(17(2)25-23(32-27)5-4-12-29(25)31)11-8-19-20-7-6-18-15-28-24(30)9-10-26(18,3)22(20)13-21(16)19/h17-20,22-23,25,31H,4-15H2,1-3H3,(H,28,30). The van der Waals surface area contributed by atoms with Crippen molar-refractivity contribution >= 4 is 5.91 Å². The number of rotatable bonds is 0. The second kappa shape index (κ2) is 7.55. The number of piperidine rings is 1. The van der Waals surface area contributed by atoms with Gasteiger partial charge >= 0.3 is 0 Å². The van der Waals surface area contributed by atoms with Gasteiger partial charge in [0.15, 0.2) is 0 Å². The Kier molecular flexibility index (Phi) is 5.10. The number of nitrogens with zero attached hydrogens (tertiary/aromatic N) is 1. The maximum absolute atomic E-state index is 12.2. The molecular formula is C27H42N2O3. The van der Waals surface area contributed by atoms with E-state index in [1.54, 1.807) is 16.2 Å². The third-order valence-electron chi connectivity index (χ3n) is 11.3. The van der Waals surface area contributed by atoms with Crippen LogP contribution >= 0.6 is 0 Å². The normalized spacial score (nSPS) is 51.4. The van der Waals surface area contributed by atoms with E-state index in [0.29, 0.717) is 29.6 Å². The van der Waals surface area contributed by atoms with Gasteiger partial charge in [-0.05, 0) is 93.8 Å². The Balaban J connectivity index is 1.29. The number of carbonyl (C=O) groups is 1. The number of hydrogen-bond acceptors (Lipinski definition) is 4. The molecule has 2 N–H and O–H groups in total. The third kappa shape index (κ3) is 3.03. The summed E-state index contributed by atoms with van der Waals surface area (Å²) < 4.78 is 6.88. The van der Waals surface area contributed by atoms with Gasteiger partial charge in [0.2, 0.25) is 5.91 Å². The summed E-state index contributed by atoms with van der Waals surface area (Å²) in [7, 11) is 0. The highest BCUT2D eigenvalue weighted by molar-refractivity contribution is 5.76. The van der Waals surface area contributed by atoms with Gasteiger partial charge in [-0.2, -0.15) is 5.06 Å². The van der Waals surface area contributed by atoms with Gasteiger partial charge in [-0.3, -0.25) is 4.79 Å². The van der Waals surface area contributed by atoms with Crippen molar-refractivity contribution in [2.24, 2.45) is 35.0 Å². The SMILES string of the molecule is CC1=C2CC3C(CCC4CNC(=O)CCC43C)C2CCC2(C1)OC1CCCN(O)C1C2C. The van der Waals surface area contributed by atoms with Crippen LogP contribution < -0.4 is 5.32 Å². The Morgan fingerprint density at radius 1 is 1.19 bits per heavy atom. The lowest BCUT2D eigenvalue weighted by atomic mass is 9.55. The first-order valence-electron chi connectivity index (χ1n) is 13.4. The molecule has 9 atom stereocenters. The van der Waals surface area contributed by atoms with E-state index < -0.39 is 0 Å². The smallest absolute Gasteiger partial charge is 0.220 e.